The predicted molar refractivity (Wildman–Crippen MR) is 140 cm³/mol. The van der Waals surface area contributed by atoms with Crippen LogP contribution in [0.2, 0.25) is 0 Å². The molecule has 5 rings (SSSR count). The summed E-state index contributed by atoms with van der Waals surface area (Å²) in [6.07, 6.45) is 15.2. The lowest BCUT2D eigenvalue weighted by atomic mass is 9.78. The lowest BCUT2D eigenvalue weighted by Gasteiger charge is -2.30. The van der Waals surface area contributed by atoms with Crippen molar-refractivity contribution in [3.63, 3.8) is 0 Å². The number of aliphatic hydroxyl groups is 1. The van der Waals surface area contributed by atoms with Crippen LogP contribution in [0.15, 0.2) is 30.3 Å². The van der Waals surface area contributed by atoms with E-state index in [2.05, 4.69) is 12.1 Å². The minimum absolute atomic E-state index is 0.0846. The van der Waals surface area contributed by atoms with Gasteiger partial charge in [-0.1, -0.05) is 57.4 Å². The number of aromatic carboxylic acids is 1. The number of aliphatic hydroxyl groups excluding tert-OH is 1. The fourth-order valence-corrected chi connectivity index (χ4v) is 6.76. The Labute approximate surface area is 214 Å². The smallest absolute Gasteiger partial charge is 0.339 e. The summed E-state index contributed by atoms with van der Waals surface area (Å²) in [5.41, 5.74) is 3.17. The highest BCUT2D eigenvalue weighted by atomic mass is 16.5. The van der Waals surface area contributed by atoms with Gasteiger partial charge >= 0.3 is 5.97 Å². The van der Waals surface area contributed by atoms with Gasteiger partial charge in [-0.3, -0.25) is 0 Å². The van der Waals surface area contributed by atoms with Gasteiger partial charge in [-0.2, -0.15) is 0 Å². The van der Waals surface area contributed by atoms with E-state index in [1.54, 1.807) is 6.07 Å². The topological polar surface area (TPSA) is 87.0 Å². The van der Waals surface area contributed by atoms with Crippen LogP contribution in [0.1, 0.15) is 135 Å². The van der Waals surface area contributed by atoms with Crippen molar-refractivity contribution in [1.29, 1.82) is 0 Å². The van der Waals surface area contributed by atoms with Crippen LogP contribution in [-0.4, -0.2) is 27.4 Å². The first kappa shape index (κ1) is 25.1. The Hall–Kier alpha value is -2.53. The highest BCUT2D eigenvalue weighted by Crippen LogP contribution is 2.44. The third kappa shape index (κ3) is 5.56. The molecule has 5 heteroatoms. The van der Waals surface area contributed by atoms with Crippen molar-refractivity contribution in [2.24, 2.45) is 0 Å². The molecule has 5 nitrogen and oxygen atoms in total. The maximum Gasteiger partial charge on any atom is 0.339 e. The van der Waals surface area contributed by atoms with E-state index in [1.807, 2.05) is 12.1 Å². The van der Waals surface area contributed by atoms with Crippen LogP contribution < -0.4 is 4.74 Å². The van der Waals surface area contributed by atoms with Crippen LogP contribution in [0.5, 0.6) is 17.2 Å². The summed E-state index contributed by atoms with van der Waals surface area (Å²) in [5.74, 6) is 0.229. The zero-order valence-electron chi connectivity index (χ0n) is 21.3. The average molecular weight is 493 g/mol. The molecule has 2 atom stereocenters. The standard InChI is InChI=1S/C31H40O5/c32-28-14-8-7-13-26(28)24-15-22(20-9-3-1-4-10-20)16-25(17-24)36-29-19-23(21-11-5-2-6-12-21)18-27(30(29)33)31(34)35/h15-21,26,28,32-33H,1-14H2,(H,34,35). The SMILES string of the molecule is O=C(O)c1cc(C2CCCCC2)cc(Oc2cc(C3CCCCC3)cc(C3CCCCC3O)c2)c1O. The predicted octanol–water partition coefficient (Wildman–Crippen LogP) is 8.00. The van der Waals surface area contributed by atoms with Crippen LogP contribution in [0, 0.1) is 0 Å². The van der Waals surface area contributed by atoms with E-state index < -0.39 is 5.97 Å². The molecule has 0 aliphatic heterocycles. The third-order valence-corrected chi connectivity index (χ3v) is 8.82. The van der Waals surface area contributed by atoms with E-state index in [-0.39, 0.29) is 29.1 Å². The van der Waals surface area contributed by atoms with Crippen LogP contribution in [0.4, 0.5) is 0 Å². The number of phenols is 1. The molecular formula is C31H40O5. The Bertz CT molecular complexity index is 1060. The summed E-state index contributed by atoms with van der Waals surface area (Å²) in [6, 6.07) is 9.81. The summed E-state index contributed by atoms with van der Waals surface area (Å²) >= 11 is 0. The number of rotatable bonds is 6. The number of benzene rings is 2. The summed E-state index contributed by atoms with van der Waals surface area (Å²) in [7, 11) is 0. The molecule has 3 saturated carbocycles. The number of aromatic hydroxyl groups is 1. The number of carboxylic acid groups (broad SMARTS) is 1. The van der Waals surface area contributed by atoms with Crippen molar-refractivity contribution < 1.29 is 24.9 Å². The summed E-state index contributed by atoms with van der Waals surface area (Å²) in [4.78, 5) is 12.0. The van der Waals surface area contributed by atoms with Gasteiger partial charge in [-0.15, -0.1) is 0 Å². The first-order chi connectivity index (χ1) is 17.5. The Kier molecular flexibility index (Phi) is 7.85. The lowest BCUT2D eigenvalue weighted by molar-refractivity contribution is 0.0692. The fraction of sp³-hybridized carbons (Fsp3) is 0.581. The second-order valence-corrected chi connectivity index (χ2v) is 11.3. The van der Waals surface area contributed by atoms with Crippen molar-refractivity contribution in [1.82, 2.24) is 0 Å². The van der Waals surface area contributed by atoms with E-state index in [9.17, 15) is 20.1 Å². The van der Waals surface area contributed by atoms with Crippen molar-refractivity contribution in [3.8, 4) is 17.2 Å². The second kappa shape index (κ2) is 11.2. The van der Waals surface area contributed by atoms with E-state index in [0.717, 1.165) is 75.3 Å². The number of hydrogen-bond acceptors (Lipinski definition) is 4. The molecule has 194 valence electrons. The molecule has 3 N–H and O–H groups in total. The fourth-order valence-electron chi connectivity index (χ4n) is 6.76. The van der Waals surface area contributed by atoms with E-state index in [4.69, 9.17) is 4.74 Å². The quantitative estimate of drug-likeness (QED) is 0.380. The largest absolute Gasteiger partial charge is 0.504 e. The van der Waals surface area contributed by atoms with Gasteiger partial charge in [0.25, 0.3) is 0 Å². The number of carboxylic acids is 1. The van der Waals surface area contributed by atoms with E-state index in [0.29, 0.717) is 17.6 Å². The normalized spacial score (nSPS) is 23.9. The number of carbonyl (C=O) groups is 1. The highest BCUT2D eigenvalue weighted by Gasteiger charge is 2.28. The van der Waals surface area contributed by atoms with Gasteiger partial charge < -0.3 is 20.1 Å². The molecule has 0 saturated heterocycles. The molecule has 0 heterocycles. The van der Waals surface area contributed by atoms with Gasteiger partial charge in [-0.05, 0) is 91.3 Å². The lowest BCUT2D eigenvalue weighted by Crippen LogP contribution is -2.22. The van der Waals surface area contributed by atoms with Gasteiger partial charge in [0.2, 0.25) is 0 Å². The maximum absolute atomic E-state index is 12.0. The Morgan fingerprint density at radius 2 is 1.25 bits per heavy atom. The second-order valence-electron chi connectivity index (χ2n) is 11.3. The molecule has 3 fully saturated rings. The van der Waals surface area contributed by atoms with Crippen LogP contribution >= 0.6 is 0 Å². The molecule has 0 radical (unpaired) electrons. The molecule has 2 aromatic carbocycles. The van der Waals surface area contributed by atoms with Gasteiger partial charge in [0.05, 0.1) is 6.10 Å². The minimum Gasteiger partial charge on any atom is -0.504 e. The van der Waals surface area contributed by atoms with Gasteiger partial charge in [0, 0.05) is 5.92 Å². The average Bonchev–Trinajstić information content (AvgIpc) is 2.91. The molecule has 3 aliphatic rings. The van der Waals surface area contributed by atoms with Crippen LogP contribution in [0.25, 0.3) is 0 Å². The van der Waals surface area contributed by atoms with Crippen molar-refractivity contribution in [2.45, 2.75) is 114 Å². The molecule has 2 aromatic rings. The number of ether oxygens (including phenoxy) is 1. The minimum atomic E-state index is -1.14. The zero-order valence-corrected chi connectivity index (χ0v) is 21.3. The Morgan fingerprint density at radius 3 is 1.86 bits per heavy atom. The molecule has 3 aliphatic carbocycles. The van der Waals surface area contributed by atoms with E-state index in [1.165, 1.54) is 31.2 Å². The van der Waals surface area contributed by atoms with Crippen LogP contribution in [0.3, 0.4) is 0 Å². The monoisotopic (exact) mass is 492 g/mol. The van der Waals surface area contributed by atoms with Gasteiger partial charge in [-0.25, -0.2) is 4.79 Å². The maximum atomic E-state index is 12.0. The number of hydrogen-bond donors (Lipinski definition) is 3. The molecule has 36 heavy (non-hydrogen) atoms. The zero-order chi connectivity index (χ0) is 25.1. The molecule has 0 bridgehead atoms. The van der Waals surface area contributed by atoms with Crippen molar-refractivity contribution >= 4 is 5.97 Å². The summed E-state index contributed by atoms with van der Waals surface area (Å²) in [6.45, 7) is 0. The molecule has 0 amide bonds. The third-order valence-electron chi connectivity index (χ3n) is 8.82. The Morgan fingerprint density at radius 1 is 0.694 bits per heavy atom. The molecule has 0 spiro atoms. The highest BCUT2D eigenvalue weighted by molar-refractivity contribution is 5.92. The van der Waals surface area contributed by atoms with Gasteiger partial charge in [0.1, 0.15) is 11.3 Å². The Balaban J connectivity index is 1.52. The molecular weight excluding hydrogens is 452 g/mol. The summed E-state index contributed by atoms with van der Waals surface area (Å²) in [5, 5.41) is 31.4. The molecule has 2 unspecified atom stereocenters. The molecule has 0 aromatic heterocycles. The first-order valence-electron chi connectivity index (χ1n) is 14.1. The van der Waals surface area contributed by atoms with Gasteiger partial charge in [0.15, 0.2) is 11.5 Å². The van der Waals surface area contributed by atoms with Crippen molar-refractivity contribution in [3.05, 3.63) is 52.6 Å². The van der Waals surface area contributed by atoms with Crippen LogP contribution in [-0.2, 0) is 0 Å². The van der Waals surface area contributed by atoms with E-state index >= 15 is 0 Å². The summed E-state index contributed by atoms with van der Waals surface area (Å²) < 4.78 is 6.33. The van der Waals surface area contributed by atoms with Crippen molar-refractivity contribution in [2.75, 3.05) is 0 Å². The first-order valence-corrected chi connectivity index (χ1v) is 14.1.